The van der Waals surface area contributed by atoms with Gasteiger partial charge < -0.3 is 10.4 Å². The lowest BCUT2D eigenvalue weighted by Gasteiger charge is -2.21. The van der Waals surface area contributed by atoms with Crippen molar-refractivity contribution >= 4 is 34.9 Å². The van der Waals surface area contributed by atoms with Crippen molar-refractivity contribution in [1.82, 2.24) is 10.2 Å². The van der Waals surface area contributed by atoms with Crippen LogP contribution in [0.1, 0.15) is 18.4 Å². The summed E-state index contributed by atoms with van der Waals surface area (Å²) in [5.74, 6) is -1.41. The van der Waals surface area contributed by atoms with E-state index in [0.717, 1.165) is 19.5 Å². The van der Waals surface area contributed by atoms with Crippen LogP contribution in [0.25, 0.3) is 0 Å². The summed E-state index contributed by atoms with van der Waals surface area (Å²) in [6.45, 7) is 2.81. The number of hydrogen-bond donors (Lipinski definition) is 2. The molecule has 7 nitrogen and oxygen atoms in total. The molecule has 1 amide bonds. The summed E-state index contributed by atoms with van der Waals surface area (Å²) in [7, 11) is 0. The fraction of sp³-hybridized carbons (Fsp3) is 0.261. The molecule has 2 aromatic carbocycles. The minimum atomic E-state index is -1.04. The van der Waals surface area contributed by atoms with Crippen LogP contribution >= 0.6 is 11.6 Å². The van der Waals surface area contributed by atoms with Crippen LogP contribution in [-0.4, -0.2) is 47.2 Å². The minimum absolute atomic E-state index is 0.237. The van der Waals surface area contributed by atoms with Crippen molar-refractivity contribution in [1.29, 1.82) is 0 Å². The van der Waals surface area contributed by atoms with E-state index in [0.29, 0.717) is 35.1 Å². The SMILES string of the molecule is O=C(O)CC1=NN(c2ccccc2Cl)C(=O)/C1=C1/CN(Cc2ccccc2)CCCN1. The van der Waals surface area contributed by atoms with Crippen LogP contribution in [0.2, 0.25) is 5.02 Å². The Morgan fingerprint density at radius 2 is 1.87 bits per heavy atom. The van der Waals surface area contributed by atoms with Gasteiger partial charge in [-0.1, -0.05) is 54.1 Å². The molecule has 8 heteroatoms. The maximum Gasteiger partial charge on any atom is 0.309 e. The third-order valence-corrected chi connectivity index (χ3v) is 5.56. The van der Waals surface area contributed by atoms with Crippen molar-refractivity contribution < 1.29 is 14.7 Å². The molecule has 2 aliphatic rings. The first-order valence-electron chi connectivity index (χ1n) is 10.1. The average molecular weight is 439 g/mol. The molecule has 0 aliphatic carbocycles. The van der Waals surface area contributed by atoms with E-state index < -0.39 is 5.97 Å². The predicted molar refractivity (Wildman–Crippen MR) is 120 cm³/mol. The zero-order valence-electron chi connectivity index (χ0n) is 16.9. The first kappa shape index (κ1) is 21.1. The van der Waals surface area contributed by atoms with Gasteiger partial charge >= 0.3 is 5.97 Å². The molecule has 0 aromatic heterocycles. The number of carbonyl (C=O) groups is 2. The second-order valence-corrected chi connectivity index (χ2v) is 7.92. The lowest BCUT2D eigenvalue weighted by molar-refractivity contribution is -0.135. The number of carbonyl (C=O) groups excluding carboxylic acids is 1. The Bertz CT molecular complexity index is 1050. The third-order valence-electron chi connectivity index (χ3n) is 5.24. The maximum atomic E-state index is 13.4. The lowest BCUT2D eigenvalue weighted by atomic mass is 10.0. The number of nitrogens with zero attached hydrogens (tertiary/aromatic N) is 3. The number of rotatable bonds is 5. The van der Waals surface area contributed by atoms with Gasteiger partial charge in [0.15, 0.2) is 0 Å². The molecule has 2 aromatic rings. The van der Waals surface area contributed by atoms with Gasteiger partial charge in [-0.25, -0.2) is 0 Å². The number of amides is 1. The van der Waals surface area contributed by atoms with Gasteiger partial charge in [0.2, 0.25) is 0 Å². The van der Waals surface area contributed by atoms with Gasteiger partial charge in [0.05, 0.1) is 28.4 Å². The van der Waals surface area contributed by atoms with E-state index in [9.17, 15) is 14.7 Å². The van der Waals surface area contributed by atoms with E-state index in [4.69, 9.17) is 11.6 Å². The molecule has 2 aliphatic heterocycles. The molecule has 31 heavy (non-hydrogen) atoms. The second-order valence-electron chi connectivity index (χ2n) is 7.52. The molecule has 0 saturated carbocycles. The number of nitrogens with one attached hydrogen (secondary N) is 1. The number of anilines is 1. The summed E-state index contributed by atoms with van der Waals surface area (Å²) in [5.41, 5.74) is 2.88. The Kier molecular flexibility index (Phi) is 6.34. The second kappa shape index (κ2) is 9.32. The number of aliphatic carboxylic acids is 1. The standard InChI is InChI=1S/C23H23ClN4O3/c24-17-9-4-5-10-20(17)28-23(31)22(18(26-28)13-21(29)30)19-15-27(12-6-11-25-19)14-16-7-2-1-3-8-16/h1-5,7-10,25H,6,11-15H2,(H,29,30)/b22-19-. The molecule has 0 unspecified atom stereocenters. The fourth-order valence-corrected chi connectivity index (χ4v) is 4.06. The third kappa shape index (κ3) is 4.78. The molecular formula is C23H23ClN4O3. The van der Waals surface area contributed by atoms with Gasteiger partial charge in [-0.05, 0) is 24.1 Å². The molecule has 2 N–H and O–H groups in total. The molecule has 160 valence electrons. The molecule has 2 heterocycles. The minimum Gasteiger partial charge on any atom is -0.481 e. The molecule has 1 saturated heterocycles. The number of carboxylic acids is 1. The fourth-order valence-electron chi connectivity index (χ4n) is 3.85. The summed E-state index contributed by atoms with van der Waals surface area (Å²) >= 11 is 6.28. The van der Waals surface area contributed by atoms with E-state index in [2.05, 4.69) is 27.5 Å². The van der Waals surface area contributed by atoms with E-state index >= 15 is 0 Å². The number of hydrogen-bond acceptors (Lipinski definition) is 5. The topological polar surface area (TPSA) is 85.2 Å². The van der Waals surface area contributed by atoms with Crippen LogP contribution in [0.3, 0.4) is 0 Å². The summed E-state index contributed by atoms with van der Waals surface area (Å²) in [5, 5.41) is 18.7. The quantitative estimate of drug-likeness (QED) is 0.700. The Morgan fingerprint density at radius 1 is 1.13 bits per heavy atom. The molecule has 0 spiro atoms. The smallest absolute Gasteiger partial charge is 0.309 e. The Labute approximate surface area is 185 Å². The zero-order valence-corrected chi connectivity index (χ0v) is 17.7. The highest BCUT2D eigenvalue weighted by atomic mass is 35.5. The van der Waals surface area contributed by atoms with Gasteiger partial charge in [-0.2, -0.15) is 10.1 Å². The van der Waals surface area contributed by atoms with Gasteiger partial charge in [0, 0.05) is 31.9 Å². The van der Waals surface area contributed by atoms with Crippen molar-refractivity contribution in [2.75, 3.05) is 24.6 Å². The molecule has 0 bridgehead atoms. The molecular weight excluding hydrogens is 416 g/mol. The summed E-state index contributed by atoms with van der Waals surface area (Å²) < 4.78 is 0. The van der Waals surface area contributed by atoms with E-state index in [-0.39, 0.29) is 18.0 Å². The highest BCUT2D eigenvalue weighted by Gasteiger charge is 2.36. The van der Waals surface area contributed by atoms with Crippen molar-refractivity contribution in [2.24, 2.45) is 5.10 Å². The van der Waals surface area contributed by atoms with Crippen LogP contribution in [0.15, 0.2) is 71.0 Å². The van der Waals surface area contributed by atoms with E-state index in [1.807, 2.05) is 18.2 Å². The number of carboxylic acid groups (broad SMARTS) is 1. The molecule has 4 rings (SSSR count). The Morgan fingerprint density at radius 3 is 2.61 bits per heavy atom. The number of benzene rings is 2. The van der Waals surface area contributed by atoms with E-state index in [1.165, 1.54) is 10.6 Å². The van der Waals surface area contributed by atoms with E-state index in [1.54, 1.807) is 24.3 Å². The van der Waals surface area contributed by atoms with Crippen LogP contribution in [0.5, 0.6) is 0 Å². The summed E-state index contributed by atoms with van der Waals surface area (Å²) in [6.07, 6.45) is 0.573. The first-order chi connectivity index (χ1) is 15.0. The van der Waals surface area contributed by atoms with Gasteiger partial charge in [0.25, 0.3) is 5.91 Å². The van der Waals surface area contributed by atoms with Gasteiger partial charge in [0.1, 0.15) is 0 Å². The van der Waals surface area contributed by atoms with Crippen molar-refractivity contribution in [3.8, 4) is 0 Å². The molecule has 0 radical (unpaired) electrons. The van der Waals surface area contributed by atoms with Crippen molar-refractivity contribution in [3.63, 3.8) is 0 Å². The van der Waals surface area contributed by atoms with Gasteiger partial charge in [-0.3, -0.25) is 14.5 Å². The first-order valence-corrected chi connectivity index (χ1v) is 10.5. The molecule has 1 fully saturated rings. The number of hydrazone groups is 1. The highest BCUT2D eigenvalue weighted by molar-refractivity contribution is 6.37. The zero-order chi connectivity index (χ0) is 21.8. The normalized spacial score (nSPS) is 19.7. The van der Waals surface area contributed by atoms with Crippen LogP contribution in [0.4, 0.5) is 5.69 Å². The summed E-state index contributed by atoms with van der Waals surface area (Å²) in [6, 6.07) is 17.0. The number of para-hydroxylation sites is 1. The van der Waals surface area contributed by atoms with Crippen LogP contribution in [0, 0.1) is 0 Å². The molecule has 0 atom stereocenters. The van der Waals surface area contributed by atoms with Crippen LogP contribution in [-0.2, 0) is 16.1 Å². The van der Waals surface area contributed by atoms with Crippen molar-refractivity contribution in [3.05, 3.63) is 76.5 Å². The maximum absolute atomic E-state index is 13.4. The lowest BCUT2D eigenvalue weighted by Crippen LogP contribution is -2.31. The largest absolute Gasteiger partial charge is 0.481 e. The van der Waals surface area contributed by atoms with Crippen LogP contribution < -0.4 is 10.3 Å². The number of halogens is 1. The van der Waals surface area contributed by atoms with Gasteiger partial charge in [-0.15, -0.1) is 0 Å². The highest BCUT2D eigenvalue weighted by Crippen LogP contribution is 2.32. The predicted octanol–water partition coefficient (Wildman–Crippen LogP) is 3.27. The monoisotopic (exact) mass is 438 g/mol. The van der Waals surface area contributed by atoms with Crippen molar-refractivity contribution in [2.45, 2.75) is 19.4 Å². The Balaban J connectivity index is 1.68. The average Bonchev–Trinajstić information content (AvgIpc) is 2.91. The summed E-state index contributed by atoms with van der Waals surface area (Å²) in [4.78, 5) is 27.1. The Hall–Kier alpha value is -3.16.